The summed E-state index contributed by atoms with van der Waals surface area (Å²) in [5.74, 6) is 0.494. The Morgan fingerprint density at radius 1 is 1.08 bits per heavy atom. The number of phenols is 1. The molecule has 0 unspecified atom stereocenters. The molecule has 3 N–H and O–H groups in total. The van der Waals surface area contributed by atoms with Crippen molar-refractivity contribution in [2.75, 3.05) is 0 Å². The second-order valence-corrected chi connectivity index (χ2v) is 6.83. The zero-order chi connectivity index (χ0) is 17.7. The maximum atomic E-state index is 12.4. The first-order valence-corrected chi connectivity index (χ1v) is 8.35. The van der Waals surface area contributed by atoms with E-state index in [2.05, 4.69) is 44.6 Å². The monoisotopic (exact) mass is 326 g/mol. The van der Waals surface area contributed by atoms with Crippen LogP contribution in [0.2, 0.25) is 0 Å². The van der Waals surface area contributed by atoms with Gasteiger partial charge in [0.1, 0.15) is 5.75 Å². The van der Waals surface area contributed by atoms with Gasteiger partial charge in [0.15, 0.2) is 0 Å². The van der Waals surface area contributed by atoms with Crippen molar-refractivity contribution in [3.63, 3.8) is 0 Å². The molecule has 2 rings (SSSR count). The molecule has 24 heavy (non-hydrogen) atoms. The molecule has 0 aliphatic heterocycles. The van der Waals surface area contributed by atoms with Crippen LogP contribution in [0.5, 0.6) is 5.75 Å². The van der Waals surface area contributed by atoms with Crippen LogP contribution in [0, 0.1) is 11.8 Å². The molecule has 1 amide bonds. The average molecular weight is 326 g/mol. The van der Waals surface area contributed by atoms with E-state index in [1.54, 1.807) is 12.1 Å². The van der Waals surface area contributed by atoms with Crippen molar-refractivity contribution in [3.8, 4) is 5.75 Å². The number of hydrogen-bond acceptors (Lipinski definition) is 3. The maximum Gasteiger partial charge on any atom is 0.273 e. The maximum absolute atomic E-state index is 12.4. The lowest BCUT2D eigenvalue weighted by atomic mass is 10.0. The summed E-state index contributed by atoms with van der Waals surface area (Å²) in [6, 6.07) is 10.9. The van der Waals surface area contributed by atoms with Crippen molar-refractivity contribution in [2.45, 2.75) is 34.1 Å². The molecule has 2 aromatic carbocycles. The molecule has 0 spiro atoms. The lowest BCUT2D eigenvalue weighted by molar-refractivity contribution is 0.0935. The van der Waals surface area contributed by atoms with Gasteiger partial charge in [0.25, 0.3) is 5.91 Å². The zero-order valence-electron chi connectivity index (χ0n) is 14.8. The average Bonchev–Trinajstić information content (AvgIpc) is 2.50. The van der Waals surface area contributed by atoms with E-state index in [0.29, 0.717) is 11.8 Å². The standard InChI is InChI=1S/C20H26N2O2/c1-13(2)9-17(10-14(3)4)21-22-20(24)18-11-15-7-5-6-8-16(15)12-19(18)23/h5-9,11-14,21,23H,10H2,1-4H3,(H,22,24)/b17-9-. The Bertz CT molecular complexity index is 748. The van der Waals surface area contributed by atoms with Crippen LogP contribution >= 0.6 is 0 Å². The highest BCUT2D eigenvalue weighted by molar-refractivity contribution is 6.01. The molecule has 0 saturated heterocycles. The molecule has 0 heterocycles. The fourth-order valence-electron chi connectivity index (χ4n) is 2.62. The number of allylic oxidation sites excluding steroid dienone is 2. The smallest absolute Gasteiger partial charge is 0.273 e. The predicted molar refractivity (Wildman–Crippen MR) is 98.6 cm³/mol. The van der Waals surface area contributed by atoms with Gasteiger partial charge in [-0.15, -0.1) is 0 Å². The minimum Gasteiger partial charge on any atom is -0.507 e. The van der Waals surface area contributed by atoms with Crippen LogP contribution in [-0.2, 0) is 0 Å². The van der Waals surface area contributed by atoms with Gasteiger partial charge in [-0.05, 0) is 41.2 Å². The van der Waals surface area contributed by atoms with Crippen molar-refractivity contribution in [2.24, 2.45) is 11.8 Å². The van der Waals surface area contributed by atoms with Crippen LogP contribution in [-0.4, -0.2) is 11.0 Å². The number of hydrogen-bond donors (Lipinski definition) is 3. The fraction of sp³-hybridized carbons (Fsp3) is 0.350. The van der Waals surface area contributed by atoms with Gasteiger partial charge in [-0.25, -0.2) is 0 Å². The first-order valence-electron chi connectivity index (χ1n) is 8.35. The predicted octanol–water partition coefficient (Wildman–Crippen LogP) is 4.37. The quantitative estimate of drug-likeness (QED) is 0.691. The number of rotatable bonds is 6. The third-order valence-corrected chi connectivity index (χ3v) is 3.61. The SMILES string of the molecule is CC(C)/C=C(/CC(C)C)NNC(=O)c1cc2ccccc2cc1O. The van der Waals surface area contributed by atoms with E-state index in [9.17, 15) is 9.90 Å². The van der Waals surface area contributed by atoms with E-state index in [1.165, 1.54) is 0 Å². The molecule has 0 bridgehead atoms. The Hall–Kier alpha value is -2.49. The molecule has 0 atom stereocenters. The zero-order valence-corrected chi connectivity index (χ0v) is 14.8. The Morgan fingerprint density at radius 3 is 2.29 bits per heavy atom. The number of hydrazine groups is 1. The van der Waals surface area contributed by atoms with Crippen LogP contribution in [0.3, 0.4) is 0 Å². The molecule has 0 radical (unpaired) electrons. The van der Waals surface area contributed by atoms with E-state index in [1.807, 2.05) is 24.3 Å². The Morgan fingerprint density at radius 2 is 1.71 bits per heavy atom. The number of amides is 1. The van der Waals surface area contributed by atoms with Crippen molar-refractivity contribution in [3.05, 3.63) is 53.7 Å². The normalized spacial score (nSPS) is 12.0. The van der Waals surface area contributed by atoms with Gasteiger partial charge in [-0.2, -0.15) is 0 Å². The van der Waals surface area contributed by atoms with Gasteiger partial charge in [0.2, 0.25) is 0 Å². The van der Waals surface area contributed by atoms with Crippen LogP contribution in [0.1, 0.15) is 44.5 Å². The Kier molecular flexibility index (Phi) is 5.85. The fourth-order valence-corrected chi connectivity index (χ4v) is 2.62. The summed E-state index contributed by atoms with van der Waals surface area (Å²) in [6.45, 7) is 8.46. The van der Waals surface area contributed by atoms with Crippen molar-refractivity contribution < 1.29 is 9.90 Å². The van der Waals surface area contributed by atoms with Gasteiger partial charge in [-0.1, -0.05) is 58.0 Å². The summed E-state index contributed by atoms with van der Waals surface area (Å²) < 4.78 is 0. The highest BCUT2D eigenvalue weighted by Crippen LogP contribution is 2.24. The highest BCUT2D eigenvalue weighted by atomic mass is 16.3. The molecular formula is C20H26N2O2. The van der Waals surface area contributed by atoms with Crippen LogP contribution in [0.25, 0.3) is 10.8 Å². The summed E-state index contributed by atoms with van der Waals surface area (Å²) >= 11 is 0. The first-order chi connectivity index (χ1) is 11.4. The van der Waals surface area contributed by atoms with E-state index in [4.69, 9.17) is 0 Å². The second-order valence-electron chi connectivity index (χ2n) is 6.83. The largest absolute Gasteiger partial charge is 0.507 e. The summed E-state index contributed by atoms with van der Waals surface area (Å²) in [5.41, 5.74) is 6.94. The summed E-state index contributed by atoms with van der Waals surface area (Å²) in [4.78, 5) is 12.4. The molecule has 2 aromatic rings. The number of nitrogens with one attached hydrogen (secondary N) is 2. The number of fused-ring (bicyclic) bond motifs is 1. The molecule has 0 aliphatic rings. The van der Waals surface area contributed by atoms with E-state index in [-0.39, 0.29) is 17.2 Å². The number of benzene rings is 2. The molecule has 0 fully saturated rings. The lowest BCUT2D eigenvalue weighted by Crippen LogP contribution is -2.37. The summed E-state index contributed by atoms with van der Waals surface area (Å²) in [6.07, 6.45) is 2.95. The van der Waals surface area contributed by atoms with E-state index in [0.717, 1.165) is 22.9 Å². The first kappa shape index (κ1) is 17.9. The van der Waals surface area contributed by atoms with Crippen LogP contribution < -0.4 is 10.9 Å². The minimum atomic E-state index is -0.350. The van der Waals surface area contributed by atoms with Gasteiger partial charge in [0, 0.05) is 5.70 Å². The van der Waals surface area contributed by atoms with Gasteiger partial charge < -0.3 is 10.5 Å². The molecular weight excluding hydrogens is 300 g/mol. The van der Waals surface area contributed by atoms with E-state index >= 15 is 0 Å². The molecule has 0 aromatic heterocycles. The lowest BCUT2D eigenvalue weighted by Gasteiger charge is -2.16. The van der Waals surface area contributed by atoms with Gasteiger partial charge >= 0.3 is 0 Å². The third-order valence-electron chi connectivity index (χ3n) is 3.61. The summed E-state index contributed by atoms with van der Waals surface area (Å²) in [7, 11) is 0. The van der Waals surface area contributed by atoms with Gasteiger partial charge in [0.05, 0.1) is 5.56 Å². The molecule has 0 aliphatic carbocycles. The molecule has 4 heteroatoms. The number of aromatic hydroxyl groups is 1. The molecule has 4 nitrogen and oxygen atoms in total. The van der Waals surface area contributed by atoms with E-state index < -0.39 is 0 Å². The second kappa shape index (κ2) is 7.86. The van der Waals surface area contributed by atoms with Crippen LogP contribution in [0.15, 0.2) is 48.2 Å². The Labute approximate surface area is 143 Å². The number of phenolic OH excluding ortho intramolecular Hbond substituents is 1. The number of carbonyl (C=O) groups is 1. The highest BCUT2D eigenvalue weighted by Gasteiger charge is 2.13. The molecule has 128 valence electrons. The summed E-state index contributed by atoms with van der Waals surface area (Å²) in [5, 5.41) is 12.0. The van der Waals surface area contributed by atoms with Crippen molar-refractivity contribution >= 4 is 16.7 Å². The Balaban J connectivity index is 2.15. The van der Waals surface area contributed by atoms with Crippen molar-refractivity contribution in [1.82, 2.24) is 10.9 Å². The number of carbonyl (C=O) groups excluding carboxylic acids is 1. The third kappa shape index (κ3) is 4.75. The van der Waals surface area contributed by atoms with Crippen molar-refractivity contribution in [1.29, 1.82) is 0 Å². The van der Waals surface area contributed by atoms with Gasteiger partial charge in [-0.3, -0.25) is 10.2 Å². The minimum absolute atomic E-state index is 0.0220. The topological polar surface area (TPSA) is 61.4 Å². The van der Waals surface area contributed by atoms with Crippen LogP contribution in [0.4, 0.5) is 0 Å². The molecule has 0 saturated carbocycles.